The van der Waals surface area contributed by atoms with E-state index in [0.717, 1.165) is 43.2 Å². The summed E-state index contributed by atoms with van der Waals surface area (Å²) in [6, 6.07) is 14.2. The molecule has 3 aromatic rings. The van der Waals surface area contributed by atoms with Crippen LogP contribution in [0.25, 0.3) is 11.3 Å². The molecule has 0 saturated carbocycles. The van der Waals surface area contributed by atoms with E-state index < -0.39 is 0 Å². The van der Waals surface area contributed by atoms with E-state index in [1.54, 1.807) is 6.20 Å². The highest BCUT2D eigenvalue weighted by atomic mass is 35.5. The van der Waals surface area contributed by atoms with Crippen molar-refractivity contribution in [1.82, 2.24) is 9.88 Å². The molecule has 0 bridgehead atoms. The van der Waals surface area contributed by atoms with E-state index in [9.17, 15) is 4.39 Å². The van der Waals surface area contributed by atoms with Crippen LogP contribution < -0.4 is 4.90 Å². The first-order chi connectivity index (χ1) is 12.7. The van der Waals surface area contributed by atoms with E-state index in [2.05, 4.69) is 14.8 Å². The van der Waals surface area contributed by atoms with Crippen molar-refractivity contribution in [2.45, 2.75) is 6.54 Å². The predicted octanol–water partition coefficient (Wildman–Crippen LogP) is 4.46. The molecule has 0 amide bonds. The zero-order chi connectivity index (χ0) is 17.9. The van der Waals surface area contributed by atoms with Crippen LogP contribution in [-0.4, -0.2) is 36.1 Å². The average Bonchev–Trinajstić information content (AvgIpc) is 3.12. The SMILES string of the molecule is Fc1ccc(N2CCN(Cc3ncc(-c4ccc(Cl)cc4)o3)CC2)cc1. The van der Waals surface area contributed by atoms with Crippen molar-refractivity contribution in [3.8, 4) is 11.3 Å². The summed E-state index contributed by atoms with van der Waals surface area (Å²) in [4.78, 5) is 8.98. The second-order valence-corrected chi connectivity index (χ2v) is 6.80. The highest BCUT2D eigenvalue weighted by molar-refractivity contribution is 6.30. The molecule has 1 aliphatic rings. The molecule has 1 aliphatic heterocycles. The number of anilines is 1. The van der Waals surface area contributed by atoms with Crippen molar-refractivity contribution < 1.29 is 8.81 Å². The molecule has 0 atom stereocenters. The van der Waals surface area contributed by atoms with Crippen molar-refractivity contribution in [3.63, 3.8) is 0 Å². The smallest absolute Gasteiger partial charge is 0.209 e. The molecule has 4 nitrogen and oxygen atoms in total. The van der Waals surface area contributed by atoms with E-state index in [0.29, 0.717) is 17.5 Å². The Bertz CT molecular complexity index is 856. The van der Waals surface area contributed by atoms with E-state index in [-0.39, 0.29) is 5.82 Å². The molecule has 6 heteroatoms. The molecule has 4 rings (SSSR count). The van der Waals surface area contributed by atoms with Gasteiger partial charge in [0.2, 0.25) is 5.89 Å². The average molecular weight is 372 g/mol. The van der Waals surface area contributed by atoms with Crippen LogP contribution in [0.3, 0.4) is 0 Å². The number of hydrogen-bond acceptors (Lipinski definition) is 4. The van der Waals surface area contributed by atoms with Gasteiger partial charge in [-0.05, 0) is 48.5 Å². The van der Waals surface area contributed by atoms with Gasteiger partial charge in [0.15, 0.2) is 5.76 Å². The standard InChI is InChI=1S/C20H19ClFN3O/c21-16-3-1-15(2-4-16)19-13-23-20(26-19)14-24-9-11-25(12-10-24)18-7-5-17(22)6-8-18/h1-8,13H,9-12,14H2. The molecule has 0 aliphatic carbocycles. The Balaban J connectivity index is 1.34. The van der Waals surface area contributed by atoms with Gasteiger partial charge in [-0.3, -0.25) is 4.90 Å². The van der Waals surface area contributed by atoms with Crippen molar-refractivity contribution in [1.29, 1.82) is 0 Å². The maximum atomic E-state index is 13.1. The number of piperazine rings is 1. The van der Waals surface area contributed by atoms with Gasteiger partial charge in [-0.15, -0.1) is 0 Å². The molecule has 2 heterocycles. The van der Waals surface area contributed by atoms with Gasteiger partial charge in [-0.2, -0.15) is 0 Å². The molecule has 0 unspecified atom stereocenters. The molecule has 1 saturated heterocycles. The molecule has 0 N–H and O–H groups in total. The Morgan fingerprint density at radius 1 is 0.962 bits per heavy atom. The molecule has 2 aromatic carbocycles. The Morgan fingerprint density at radius 2 is 1.65 bits per heavy atom. The normalized spacial score (nSPS) is 15.4. The molecule has 1 aromatic heterocycles. The zero-order valence-corrected chi connectivity index (χ0v) is 15.0. The van der Waals surface area contributed by atoms with Gasteiger partial charge in [-0.1, -0.05) is 11.6 Å². The topological polar surface area (TPSA) is 32.5 Å². The number of benzene rings is 2. The Kier molecular flexibility index (Phi) is 4.91. The second-order valence-electron chi connectivity index (χ2n) is 6.36. The van der Waals surface area contributed by atoms with Crippen molar-refractivity contribution in [3.05, 3.63) is 71.5 Å². The summed E-state index contributed by atoms with van der Waals surface area (Å²) in [6.07, 6.45) is 1.76. The van der Waals surface area contributed by atoms with Crippen LogP contribution in [0.2, 0.25) is 5.02 Å². The summed E-state index contributed by atoms with van der Waals surface area (Å²) in [7, 11) is 0. The van der Waals surface area contributed by atoms with Crippen molar-refractivity contribution in [2.24, 2.45) is 0 Å². The Labute approximate surface area is 156 Å². The lowest BCUT2D eigenvalue weighted by molar-refractivity contribution is 0.227. The first kappa shape index (κ1) is 17.1. The minimum Gasteiger partial charge on any atom is -0.439 e. The van der Waals surface area contributed by atoms with Gasteiger partial charge in [-0.25, -0.2) is 9.37 Å². The predicted molar refractivity (Wildman–Crippen MR) is 101 cm³/mol. The monoisotopic (exact) mass is 371 g/mol. The molecule has 1 fully saturated rings. The number of halogens is 2. The first-order valence-electron chi connectivity index (χ1n) is 8.61. The first-order valence-corrected chi connectivity index (χ1v) is 8.99. The molecular weight excluding hydrogens is 353 g/mol. The van der Waals surface area contributed by atoms with E-state index in [1.165, 1.54) is 12.1 Å². The summed E-state index contributed by atoms with van der Waals surface area (Å²) in [5.41, 5.74) is 2.03. The molecule has 134 valence electrons. The van der Waals surface area contributed by atoms with Gasteiger partial charge in [0, 0.05) is 42.5 Å². The fourth-order valence-electron chi connectivity index (χ4n) is 3.14. The van der Waals surface area contributed by atoms with Crippen molar-refractivity contribution >= 4 is 17.3 Å². The highest BCUT2D eigenvalue weighted by Crippen LogP contribution is 2.23. The van der Waals surface area contributed by atoms with Gasteiger partial charge in [0.1, 0.15) is 5.82 Å². The van der Waals surface area contributed by atoms with Crippen LogP contribution in [0.1, 0.15) is 5.89 Å². The summed E-state index contributed by atoms with van der Waals surface area (Å²) in [6.45, 7) is 4.31. The number of hydrogen-bond donors (Lipinski definition) is 0. The molecule has 0 spiro atoms. The van der Waals surface area contributed by atoms with Crippen LogP contribution in [0.4, 0.5) is 10.1 Å². The molecule has 0 radical (unpaired) electrons. The van der Waals surface area contributed by atoms with Gasteiger partial charge in [0.25, 0.3) is 0 Å². The largest absolute Gasteiger partial charge is 0.439 e. The van der Waals surface area contributed by atoms with Crippen LogP contribution >= 0.6 is 11.6 Å². The summed E-state index contributed by atoms with van der Waals surface area (Å²) >= 11 is 5.92. The van der Waals surface area contributed by atoms with Crippen LogP contribution in [0, 0.1) is 5.82 Å². The lowest BCUT2D eigenvalue weighted by atomic mass is 10.2. The third kappa shape index (κ3) is 3.89. The van der Waals surface area contributed by atoms with Gasteiger partial charge in [0.05, 0.1) is 12.7 Å². The van der Waals surface area contributed by atoms with Crippen LogP contribution in [0.5, 0.6) is 0 Å². The summed E-state index contributed by atoms with van der Waals surface area (Å²) in [5, 5.41) is 0.701. The Hall–Kier alpha value is -2.37. The highest BCUT2D eigenvalue weighted by Gasteiger charge is 2.19. The fourth-order valence-corrected chi connectivity index (χ4v) is 3.26. The van der Waals surface area contributed by atoms with E-state index in [1.807, 2.05) is 36.4 Å². The number of oxazole rings is 1. The second kappa shape index (κ2) is 7.48. The minimum absolute atomic E-state index is 0.201. The molecule has 26 heavy (non-hydrogen) atoms. The molecular formula is C20H19ClFN3O. The van der Waals surface area contributed by atoms with E-state index in [4.69, 9.17) is 16.0 Å². The van der Waals surface area contributed by atoms with Crippen LogP contribution in [-0.2, 0) is 6.54 Å². The fraction of sp³-hybridized carbons (Fsp3) is 0.250. The number of aromatic nitrogens is 1. The van der Waals surface area contributed by atoms with E-state index >= 15 is 0 Å². The minimum atomic E-state index is -0.201. The number of rotatable bonds is 4. The summed E-state index contributed by atoms with van der Waals surface area (Å²) < 4.78 is 18.9. The van der Waals surface area contributed by atoms with Crippen LogP contribution in [0.15, 0.2) is 59.1 Å². The maximum absolute atomic E-state index is 13.1. The van der Waals surface area contributed by atoms with Gasteiger partial charge < -0.3 is 9.32 Å². The third-order valence-corrected chi connectivity index (χ3v) is 4.86. The summed E-state index contributed by atoms with van der Waals surface area (Å²) in [5.74, 6) is 1.26. The third-order valence-electron chi connectivity index (χ3n) is 4.61. The number of nitrogens with zero attached hydrogens (tertiary/aromatic N) is 3. The lowest BCUT2D eigenvalue weighted by Gasteiger charge is -2.35. The van der Waals surface area contributed by atoms with Gasteiger partial charge >= 0.3 is 0 Å². The maximum Gasteiger partial charge on any atom is 0.209 e. The quantitative estimate of drug-likeness (QED) is 0.678. The van der Waals surface area contributed by atoms with Crippen molar-refractivity contribution in [2.75, 3.05) is 31.1 Å². The lowest BCUT2D eigenvalue weighted by Crippen LogP contribution is -2.46. The Morgan fingerprint density at radius 3 is 2.35 bits per heavy atom. The zero-order valence-electron chi connectivity index (χ0n) is 14.2.